The molecular formula is C44H63N5O3S. The number of β-amino-alcohol motifs (C(OH)–C–C–N with tert-alkyl or cyclic N) is 1. The minimum absolute atomic E-state index is 0.0902. The molecule has 5 N–H and O–H groups in total. The molecule has 2 heterocycles. The fraction of sp³-hybridized carbons (Fsp3) is 0.568. The zero-order valence-corrected chi connectivity index (χ0v) is 33.1. The van der Waals surface area contributed by atoms with E-state index in [1.807, 2.05) is 57.3 Å². The molecule has 0 radical (unpaired) electrons. The van der Waals surface area contributed by atoms with Gasteiger partial charge in [-0.1, -0.05) is 67.2 Å². The van der Waals surface area contributed by atoms with Crippen molar-refractivity contribution in [2.45, 2.75) is 92.7 Å². The maximum Gasteiger partial charge on any atom is 0.162 e. The van der Waals surface area contributed by atoms with E-state index in [1.54, 1.807) is 11.8 Å². The lowest BCUT2D eigenvalue weighted by molar-refractivity contribution is 0.000362. The minimum atomic E-state index is -0.420. The van der Waals surface area contributed by atoms with Gasteiger partial charge in [0.05, 0.1) is 24.1 Å². The number of rotatable bonds is 11. The highest BCUT2D eigenvalue weighted by atomic mass is 32.2. The number of aliphatic hydroxyl groups is 2. The van der Waals surface area contributed by atoms with Crippen molar-refractivity contribution in [2.24, 2.45) is 23.5 Å². The number of ketones is 1. The van der Waals surface area contributed by atoms with Crippen molar-refractivity contribution in [2.75, 3.05) is 64.4 Å². The highest BCUT2D eigenvalue weighted by molar-refractivity contribution is 7.99. The van der Waals surface area contributed by atoms with E-state index in [0.717, 1.165) is 86.8 Å². The average molecular weight is 742 g/mol. The number of nitrogens with two attached hydrogens (primary N) is 1. The molecule has 6 aliphatic rings. The number of para-hydroxylation sites is 1. The molecule has 1 saturated heterocycles. The molecule has 2 aliphatic heterocycles. The van der Waals surface area contributed by atoms with Gasteiger partial charge in [-0.15, -0.1) is 0 Å². The maximum atomic E-state index is 12.3. The Morgan fingerprint density at radius 2 is 1.43 bits per heavy atom. The van der Waals surface area contributed by atoms with Gasteiger partial charge >= 0.3 is 0 Å². The van der Waals surface area contributed by atoms with Crippen LogP contribution in [0.5, 0.6) is 0 Å². The number of Topliss-reactive ketones (excluding diaryl/α,β-unsaturated/α-hetero) is 1. The average Bonchev–Trinajstić information content (AvgIpc) is 3.17. The van der Waals surface area contributed by atoms with E-state index < -0.39 is 6.10 Å². The van der Waals surface area contributed by atoms with Crippen LogP contribution in [-0.4, -0.2) is 96.8 Å². The summed E-state index contributed by atoms with van der Waals surface area (Å²) in [5.74, 6) is 3.26. The molecule has 4 bridgehead atoms. The van der Waals surface area contributed by atoms with E-state index in [9.17, 15) is 9.90 Å². The summed E-state index contributed by atoms with van der Waals surface area (Å²) < 4.78 is 0. The van der Waals surface area contributed by atoms with E-state index in [4.69, 9.17) is 10.8 Å². The molecule has 4 saturated carbocycles. The molecule has 0 spiro atoms. The number of benzene rings is 3. The van der Waals surface area contributed by atoms with Crippen LogP contribution in [0.15, 0.2) is 82.6 Å². The topological polar surface area (TPSA) is 105 Å². The van der Waals surface area contributed by atoms with Gasteiger partial charge < -0.3 is 31.1 Å². The summed E-state index contributed by atoms with van der Waals surface area (Å²) in [5.41, 5.74) is 10.8. The second kappa shape index (κ2) is 18.7. The molecular weight excluding hydrogens is 679 g/mol. The number of nitrogens with one attached hydrogen (secondary N) is 1. The maximum absolute atomic E-state index is 12.3. The van der Waals surface area contributed by atoms with Crippen molar-refractivity contribution in [3.63, 3.8) is 0 Å². The van der Waals surface area contributed by atoms with E-state index in [1.165, 1.54) is 54.0 Å². The zero-order chi connectivity index (χ0) is 37.4. The Labute approximate surface area is 322 Å². The van der Waals surface area contributed by atoms with E-state index in [0.29, 0.717) is 12.0 Å². The van der Waals surface area contributed by atoms with Gasteiger partial charge in [0.25, 0.3) is 0 Å². The standard InChI is InChI=1S/C24H31N3O2S.C10H15NO.C10H17N/c1-2-22(29)19-8-9-24-21(18-19)27(20-6-3-4-7-23(20)30-24)11-5-10-25-12-14-26(15-13-25)16-17-28;1-8(11-2)10(12)9-6-4-3-5-7-9;11-10-4-7-1-8(5-10)3-9(2-7)6-10/h3-4,6-9,18,28H,2,5,10-17H2,1H3;3-8,10-12H,1-2H3;7-9H,1-6,11H2/t;8-,10+;/m.0./s1. The molecule has 288 valence electrons. The Kier molecular flexibility index (Phi) is 14.1. The molecule has 8 nitrogen and oxygen atoms in total. The number of fused-ring (bicyclic) bond motifs is 2. The van der Waals surface area contributed by atoms with Gasteiger partial charge in [0, 0.05) is 72.6 Å². The van der Waals surface area contributed by atoms with Gasteiger partial charge in [0.1, 0.15) is 0 Å². The number of carbonyl (C=O) groups is 1. The first-order valence-corrected chi connectivity index (χ1v) is 21.0. The number of hydrogen-bond acceptors (Lipinski definition) is 9. The van der Waals surface area contributed by atoms with Gasteiger partial charge in [-0.05, 0) is 113 Å². The van der Waals surface area contributed by atoms with Gasteiger partial charge in [-0.25, -0.2) is 0 Å². The summed E-state index contributed by atoms with van der Waals surface area (Å²) in [5, 5.41) is 21.9. The second-order valence-electron chi connectivity index (χ2n) is 16.2. The van der Waals surface area contributed by atoms with Gasteiger partial charge in [0.15, 0.2) is 5.78 Å². The third-order valence-electron chi connectivity index (χ3n) is 12.2. The van der Waals surface area contributed by atoms with Crippen LogP contribution in [0.25, 0.3) is 0 Å². The van der Waals surface area contributed by atoms with Crippen molar-refractivity contribution in [3.05, 3.63) is 83.9 Å². The Morgan fingerprint density at radius 1 is 0.849 bits per heavy atom. The number of likely N-dealkylation sites (N-methyl/N-ethyl adjacent to an activating group) is 1. The van der Waals surface area contributed by atoms with E-state index in [2.05, 4.69) is 56.4 Å². The molecule has 0 aromatic heterocycles. The largest absolute Gasteiger partial charge is 0.395 e. The van der Waals surface area contributed by atoms with E-state index >= 15 is 0 Å². The Morgan fingerprint density at radius 3 is 2.02 bits per heavy atom. The zero-order valence-electron chi connectivity index (χ0n) is 32.3. The lowest BCUT2D eigenvalue weighted by atomic mass is 9.53. The number of aliphatic hydroxyl groups excluding tert-OH is 2. The van der Waals surface area contributed by atoms with Gasteiger partial charge in [-0.3, -0.25) is 9.69 Å². The van der Waals surface area contributed by atoms with Crippen LogP contribution in [-0.2, 0) is 0 Å². The number of hydrogen-bond donors (Lipinski definition) is 4. The first kappa shape index (κ1) is 39.9. The number of carbonyl (C=O) groups excluding carboxylic acids is 1. The van der Waals surface area contributed by atoms with Crippen LogP contribution in [0.2, 0.25) is 0 Å². The van der Waals surface area contributed by atoms with Crippen molar-refractivity contribution in [1.29, 1.82) is 0 Å². The van der Waals surface area contributed by atoms with Crippen molar-refractivity contribution in [1.82, 2.24) is 15.1 Å². The number of piperazine rings is 1. The summed E-state index contributed by atoms with van der Waals surface area (Å²) in [7, 11) is 1.84. The molecule has 3 aromatic carbocycles. The van der Waals surface area contributed by atoms with Crippen LogP contribution in [0.4, 0.5) is 11.4 Å². The summed E-state index contributed by atoms with van der Waals surface area (Å²) in [6.07, 6.45) is 9.76. The smallest absolute Gasteiger partial charge is 0.162 e. The predicted octanol–water partition coefficient (Wildman–Crippen LogP) is 7.12. The van der Waals surface area contributed by atoms with Crippen molar-refractivity contribution < 1.29 is 15.0 Å². The monoisotopic (exact) mass is 741 g/mol. The lowest BCUT2D eigenvalue weighted by Crippen LogP contribution is -2.55. The van der Waals surface area contributed by atoms with Crippen LogP contribution in [0, 0.1) is 17.8 Å². The van der Waals surface area contributed by atoms with Crippen LogP contribution in [0.1, 0.15) is 87.2 Å². The quantitative estimate of drug-likeness (QED) is 0.153. The Hall–Kier alpha value is -2.76. The molecule has 0 amide bonds. The molecule has 0 unspecified atom stereocenters. The van der Waals surface area contributed by atoms with Crippen LogP contribution >= 0.6 is 11.8 Å². The highest BCUT2D eigenvalue weighted by Crippen LogP contribution is 2.54. The van der Waals surface area contributed by atoms with Gasteiger partial charge in [0.2, 0.25) is 0 Å². The molecule has 2 atom stereocenters. The van der Waals surface area contributed by atoms with Crippen LogP contribution in [0.3, 0.4) is 0 Å². The molecule has 5 fully saturated rings. The molecule has 3 aromatic rings. The van der Waals surface area contributed by atoms with Crippen LogP contribution < -0.4 is 16.0 Å². The third-order valence-corrected chi connectivity index (χ3v) is 13.3. The third kappa shape index (κ3) is 10.3. The highest BCUT2D eigenvalue weighted by Gasteiger charge is 2.48. The van der Waals surface area contributed by atoms with E-state index in [-0.39, 0.29) is 18.4 Å². The SMILES string of the molecule is CCC(=O)c1ccc2c(c1)N(CCCN1CCN(CCO)CC1)c1ccccc1S2.CN[C@@H](C)[C@@H](O)c1ccccc1.NC12CC3CC(CC(C3)C1)C2. The molecule has 9 rings (SSSR count). The summed E-state index contributed by atoms with van der Waals surface area (Å²) in [6.45, 7) is 11.1. The summed E-state index contributed by atoms with van der Waals surface area (Å²) >= 11 is 1.79. The normalized spacial score (nSPS) is 25.6. The second-order valence-corrected chi connectivity index (χ2v) is 17.2. The Balaban J connectivity index is 0.000000169. The van der Waals surface area contributed by atoms with Gasteiger partial charge in [-0.2, -0.15) is 0 Å². The Bertz CT molecular complexity index is 1580. The summed E-state index contributed by atoms with van der Waals surface area (Å²) in [4.78, 5) is 22.0. The fourth-order valence-electron chi connectivity index (χ4n) is 9.55. The fourth-order valence-corrected chi connectivity index (χ4v) is 10.6. The number of anilines is 2. The molecule has 4 aliphatic carbocycles. The first-order chi connectivity index (χ1) is 25.7. The molecule has 53 heavy (non-hydrogen) atoms. The number of nitrogens with zero attached hydrogens (tertiary/aromatic N) is 3. The van der Waals surface area contributed by atoms with Crippen molar-refractivity contribution >= 4 is 28.9 Å². The summed E-state index contributed by atoms with van der Waals surface area (Å²) in [6, 6.07) is 24.5. The molecule has 9 heteroatoms. The predicted molar refractivity (Wildman–Crippen MR) is 218 cm³/mol. The first-order valence-electron chi connectivity index (χ1n) is 20.1. The lowest BCUT2D eigenvalue weighted by Gasteiger charge is -2.55. The van der Waals surface area contributed by atoms with Crippen molar-refractivity contribution in [3.8, 4) is 0 Å². The minimum Gasteiger partial charge on any atom is -0.395 e.